The van der Waals surface area contributed by atoms with Crippen LogP contribution in [-0.4, -0.2) is 24.0 Å². The Balaban J connectivity index is 2.06. The highest BCUT2D eigenvalue weighted by Crippen LogP contribution is 2.45. The monoisotopic (exact) mass is 253 g/mol. The van der Waals surface area contributed by atoms with E-state index in [-0.39, 0.29) is 5.91 Å². The Hall–Kier alpha value is -0.610. The van der Waals surface area contributed by atoms with E-state index in [1.165, 1.54) is 17.1 Å². The average molecular weight is 253 g/mol. The zero-order valence-electron chi connectivity index (χ0n) is 9.23. The van der Waals surface area contributed by atoms with Crippen LogP contribution in [-0.2, 0) is 0 Å². The van der Waals surface area contributed by atoms with E-state index in [0.29, 0.717) is 11.1 Å². The highest BCUT2D eigenvalue weighted by atomic mass is 32.2. The fourth-order valence-corrected chi connectivity index (χ4v) is 4.46. The number of thioether (sulfide) groups is 2. The second-order valence-electron chi connectivity index (χ2n) is 3.55. The normalized spacial score (nSPS) is 16.3. The Kier molecular flexibility index (Phi) is 4.18. The molecule has 1 aliphatic heterocycles. The molecule has 1 aromatic rings. The van der Waals surface area contributed by atoms with Gasteiger partial charge in [-0.25, -0.2) is 0 Å². The molecule has 86 valence electrons. The van der Waals surface area contributed by atoms with Crippen molar-refractivity contribution in [3.8, 4) is 0 Å². The van der Waals surface area contributed by atoms with E-state index in [2.05, 4.69) is 17.4 Å². The van der Waals surface area contributed by atoms with Gasteiger partial charge in [0.1, 0.15) is 0 Å². The number of hydrogen-bond acceptors (Lipinski definition) is 3. The number of amides is 1. The smallest absolute Gasteiger partial charge is 0.251 e. The summed E-state index contributed by atoms with van der Waals surface area (Å²) in [6.45, 7) is 2.60. The molecule has 1 N–H and O–H groups in total. The fourth-order valence-electron chi connectivity index (χ4n) is 1.61. The lowest BCUT2D eigenvalue weighted by Gasteiger charge is -2.09. The molecule has 0 aromatic heterocycles. The molecule has 0 spiro atoms. The first kappa shape index (κ1) is 11.9. The molecule has 0 radical (unpaired) electrons. The first-order valence-electron chi connectivity index (χ1n) is 5.42. The maximum absolute atomic E-state index is 11.6. The SMILES string of the molecule is CCNC(=O)c1ccc(C2SCCS2)cc1. The van der Waals surface area contributed by atoms with Crippen LogP contribution in [0.15, 0.2) is 24.3 Å². The lowest BCUT2D eigenvalue weighted by molar-refractivity contribution is 0.0956. The maximum atomic E-state index is 11.6. The number of rotatable bonds is 3. The van der Waals surface area contributed by atoms with Crippen LogP contribution in [0.4, 0.5) is 0 Å². The third-order valence-corrected chi connectivity index (χ3v) is 5.51. The molecule has 1 heterocycles. The summed E-state index contributed by atoms with van der Waals surface area (Å²) in [7, 11) is 0. The van der Waals surface area contributed by atoms with E-state index in [0.717, 1.165) is 5.56 Å². The minimum Gasteiger partial charge on any atom is -0.352 e. The van der Waals surface area contributed by atoms with Crippen LogP contribution in [0.3, 0.4) is 0 Å². The molecule has 16 heavy (non-hydrogen) atoms. The molecule has 0 aliphatic carbocycles. The van der Waals surface area contributed by atoms with Gasteiger partial charge in [0.25, 0.3) is 5.91 Å². The zero-order valence-corrected chi connectivity index (χ0v) is 10.9. The molecular weight excluding hydrogens is 238 g/mol. The van der Waals surface area contributed by atoms with E-state index >= 15 is 0 Å². The summed E-state index contributed by atoms with van der Waals surface area (Å²) in [5.41, 5.74) is 2.07. The Morgan fingerprint density at radius 3 is 2.50 bits per heavy atom. The number of benzene rings is 1. The Morgan fingerprint density at radius 1 is 1.31 bits per heavy atom. The van der Waals surface area contributed by atoms with Crippen molar-refractivity contribution in [2.75, 3.05) is 18.1 Å². The van der Waals surface area contributed by atoms with Crippen molar-refractivity contribution in [1.29, 1.82) is 0 Å². The van der Waals surface area contributed by atoms with E-state index < -0.39 is 0 Å². The predicted molar refractivity (Wildman–Crippen MR) is 72.1 cm³/mol. The number of hydrogen-bond donors (Lipinski definition) is 1. The second-order valence-corrected chi connectivity index (χ2v) is 6.28. The quantitative estimate of drug-likeness (QED) is 0.898. The number of carbonyl (C=O) groups is 1. The van der Waals surface area contributed by atoms with Crippen molar-refractivity contribution in [2.45, 2.75) is 11.5 Å². The largest absolute Gasteiger partial charge is 0.352 e. The van der Waals surface area contributed by atoms with E-state index in [1.54, 1.807) is 0 Å². The van der Waals surface area contributed by atoms with Crippen molar-refractivity contribution < 1.29 is 4.79 Å². The van der Waals surface area contributed by atoms with Crippen LogP contribution in [0.5, 0.6) is 0 Å². The molecule has 0 bridgehead atoms. The molecular formula is C12H15NOS2. The Bertz CT molecular complexity index is 358. The summed E-state index contributed by atoms with van der Waals surface area (Å²) in [4.78, 5) is 11.6. The summed E-state index contributed by atoms with van der Waals surface area (Å²) in [5.74, 6) is 2.47. The van der Waals surface area contributed by atoms with Gasteiger partial charge in [0.05, 0.1) is 4.58 Å². The van der Waals surface area contributed by atoms with Crippen LogP contribution < -0.4 is 5.32 Å². The van der Waals surface area contributed by atoms with Gasteiger partial charge in [-0.05, 0) is 24.6 Å². The second kappa shape index (κ2) is 5.64. The average Bonchev–Trinajstić information content (AvgIpc) is 2.83. The molecule has 2 nitrogen and oxygen atoms in total. The molecule has 1 aromatic carbocycles. The zero-order chi connectivity index (χ0) is 11.4. The first-order chi connectivity index (χ1) is 7.81. The van der Waals surface area contributed by atoms with Crippen molar-refractivity contribution in [3.63, 3.8) is 0 Å². The highest BCUT2D eigenvalue weighted by molar-refractivity contribution is 8.19. The number of nitrogens with one attached hydrogen (secondary N) is 1. The van der Waals surface area contributed by atoms with Crippen molar-refractivity contribution in [2.24, 2.45) is 0 Å². The highest BCUT2D eigenvalue weighted by Gasteiger charge is 2.18. The summed E-state index contributed by atoms with van der Waals surface area (Å²) in [5, 5.41) is 2.80. The summed E-state index contributed by atoms with van der Waals surface area (Å²) < 4.78 is 0.559. The lowest BCUT2D eigenvalue weighted by atomic mass is 10.1. The van der Waals surface area contributed by atoms with E-state index in [4.69, 9.17) is 0 Å². The summed E-state index contributed by atoms with van der Waals surface area (Å²) in [6.07, 6.45) is 0. The number of carbonyl (C=O) groups excluding carboxylic acids is 1. The van der Waals surface area contributed by atoms with Gasteiger partial charge in [-0.2, -0.15) is 0 Å². The van der Waals surface area contributed by atoms with Crippen LogP contribution in [0.2, 0.25) is 0 Å². The Morgan fingerprint density at radius 2 is 1.94 bits per heavy atom. The van der Waals surface area contributed by atoms with Gasteiger partial charge in [-0.15, -0.1) is 23.5 Å². The van der Waals surface area contributed by atoms with Crippen molar-refractivity contribution in [3.05, 3.63) is 35.4 Å². The van der Waals surface area contributed by atoms with Crippen LogP contribution in [0.25, 0.3) is 0 Å². The minimum atomic E-state index is 0.0146. The molecule has 4 heteroatoms. The summed E-state index contributed by atoms with van der Waals surface area (Å²) >= 11 is 3.96. The molecule has 1 amide bonds. The third-order valence-electron chi connectivity index (χ3n) is 2.40. The van der Waals surface area contributed by atoms with E-state index in [1.807, 2.05) is 42.6 Å². The standard InChI is InChI=1S/C12H15NOS2/c1-2-13-11(14)9-3-5-10(6-4-9)12-15-7-8-16-12/h3-6,12H,2,7-8H2,1H3,(H,13,14). The van der Waals surface area contributed by atoms with Crippen LogP contribution in [0, 0.1) is 0 Å². The van der Waals surface area contributed by atoms with Gasteiger partial charge in [0.2, 0.25) is 0 Å². The minimum absolute atomic E-state index is 0.0146. The van der Waals surface area contributed by atoms with Gasteiger partial charge in [-0.3, -0.25) is 4.79 Å². The van der Waals surface area contributed by atoms with Crippen LogP contribution >= 0.6 is 23.5 Å². The van der Waals surface area contributed by atoms with Crippen LogP contribution in [0.1, 0.15) is 27.4 Å². The van der Waals surface area contributed by atoms with Gasteiger partial charge < -0.3 is 5.32 Å². The van der Waals surface area contributed by atoms with Gasteiger partial charge in [0.15, 0.2) is 0 Å². The lowest BCUT2D eigenvalue weighted by Crippen LogP contribution is -2.22. The first-order valence-corrected chi connectivity index (χ1v) is 7.52. The fraction of sp³-hybridized carbons (Fsp3) is 0.417. The molecule has 1 saturated heterocycles. The van der Waals surface area contributed by atoms with Crippen molar-refractivity contribution in [1.82, 2.24) is 5.32 Å². The Labute approximate surface area is 105 Å². The van der Waals surface area contributed by atoms with Gasteiger partial charge in [-0.1, -0.05) is 12.1 Å². The molecule has 0 saturated carbocycles. The van der Waals surface area contributed by atoms with E-state index in [9.17, 15) is 4.79 Å². The molecule has 1 fully saturated rings. The van der Waals surface area contributed by atoms with Gasteiger partial charge in [0, 0.05) is 23.6 Å². The molecule has 1 aliphatic rings. The summed E-state index contributed by atoms with van der Waals surface area (Å²) in [6, 6.07) is 7.97. The van der Waals surface area contributed by atoms with Crippen molar-refractivity contribution >= 4 is 29.4 Å². The third kappa shape index (κ3) is 2.74. The topological polar surface area (TPSA) is 29.1 Å². The maximum Gasteiger partial charge on any atom is 0.251 e. The predicted octanol–water partition coefficient (Wildman–Crippen LogP) is 2.91. The molecule has 0 atom stereocenters. The van der Waals surface area contributed by atoms with Gasteiger partial charge >= 0.3 is 0 Å². The molecule has 0 unspecified atom stereocenters. The molecule has 2 rings (SSSR count).